The van der Waals surface area contributed by atoms with Crippen molar-refractivity contribution < 1.29 is 0 Å². The van der Waals surface area contributed by atoms with Crippen LogP contribution in [0.3, 0.4) is 0 Å². The summed E-state index contributed by atoms with van der Waals surface area (Å²) in [5.41, 5.74) is 0.808. The van der Waals surface area contributed by atoms with Crippen LogP contribution in [0.5, 0.6) is 0 Å². The topological polar surface area (TPSA) is 23.8 Å². The van der Waals surface area contributed by atoms with Crippen LogP contribution in [0.1, 0.15) is 20.3 Å². The Morgan fingerprint density at radius 2 is 2.43 bits per heavy atom. The largest absolute Gasteiger partial charge is 0.193 e. The lowest BCUT2D eigenvalue weighted by molar-refractivity contribution is 1.20. The standard InChI is InChI=1S/C6H9N/c1-3-4-6(2)5-7/h4H,3H2,1-2H3/b6-4-. The van der Waals surface area contributed by atoms with Crippen molar-refractivity contribution in [1.29, 1.82) is 5.26 Å². The molecule has 0 saturated heterocycles. The average molecular weight is 95.1 g/mol. The molecule has 0 aromatic carbocycles. The molecule has 0 aliphatic heterocycles. The summed E-state index contributed by atoms with van der Waals surface area (Å²) < 4.78 is 0. The van der Waals surface area contributed by atoms with Crippen LogP contribution in [-0.2, 0) is 0 Å². The normalized spacial score (nSPS) is 10.7. The molecule has 38 valence electrons. The van der Waals surface area contributed by atoms with Gasteiger partial charge in [0.05, 0.1) is 6.07 Å². The van der Waals surface area contributed by atoms with E-state index in [9.17, 15) is 0 Å². The van der Waals surface area contributed by atoms with Gasteiger partial charge < -0.3 is 0 Å². The Morgan fingerprint density at radius 3 is 2.57 bits per heavy atom. The molecule has 0 atom stereocenters. The monoisotopic (exact) mass is 95.1 g/mol. The Kier molecular flexibility index (Phi) is 3.04. The summed E-state index contributed by atoms with van der Waals surface area (Å²) in [6.07, 6.45) is 2.86. The minimum atomic E-state index is 0.808. The molecule has 0 rings (SSSR count). The molecule has 1 heteroatoms. The summed E-state index contributed by atoms with van der Waals surface area (Å²) in [6.45, 7) is 3.82. The highest BCUT2D eigenvalue weighted by molar-refractivity contribution is 5.16. The van der Waals surface area contributed by atoms with Crippen LogP contribution in [-0.4, -0.2) is 0 Å². The fraction of sp³-hybridized carbons (Fsp3) is 0.500. The molecular weight excluding hydrogens is 86.1 g/mol. The zero-order chi connectivity index (χ0) is 5.70. The summed E-state index contributed by atoms with van der Waals surface area (Å²) in [5.74, 6) is 0. The van der Waals surface area contributed by atoms with Gasteiger partial charge in [0.15, 0.2) is 0 Å². The first-order valence-electron chi connectivity index (χ1n) is 2.38. The third kappa shape index (κ3) is 3.05. The van der Waals surface area contributed by atoms with Gasteiger partial charge in [-0.25, -0.2) is 0 Å². The van der Waals surface area contributed by atoms with Crippen molar-refractivity contribution in [2.75, 3.05) is 0 Å². The van der Waals surface area contributed by atoms with Gasteiger partial charge in [-0.1, -0.05) is 13.0 Å². The van der Waals surface area contributed by atoms with Crippen LogP contribution in [0.4, 0.5) is 0 Å². The van der Waals surface area contributed by atoms with E-state index in [4.69, 9.17) is 5.26 Å². The molecule has 0 amide bonds. The highest BCUT2D eigenvalue weighted by Crippen LogP contribution is 1.89. The van der Waals surface area contributed by atoms with Crippen LogP contribution in [0.25, 0.3) is 0 Å². The fourth-order valence-electron chi connectivity index (χ4n) is 0.352. The molecule has 0 saturated carbocycles. The molecule has 0 N–H and O–H groups in total. The second kappa shape index (κ2) is 3.42. The lowest BCUT2D eigenvalue weighted by atomic mass is 10.3. The van der Waals surface area contributed by atoms with E-state index >= 15 is 0 Å². The quantitative estimate of drug-likeness (QED) is 0.456. The lowest BCUT2D eigenvalue weighted by Gasteiger charge is -1.77. The van der Waals surface area contributed by atoms with Crippen LogP contribution >= 0.6 is 0 Å². The highest BCUT2D eigenvalue weighted by Gasteiger charge is 1.75. The van der Waals surface area contributed by atoms with Gasteiger partial charge in [-0.3, -0.25) is 0 Å². The predicted octanol–water partition coefficient (Wildman–Crippen LogP) is 1.87. The first-order valence-corrected chi connectivity index (χ1v) is 2.38. The van der Waals surface area contributed by atoms with Crippen LogP contribution in [0.15, 0.2) is 11.6 Å². The lowest BCUT2D eigenvalue weighted by Crippen LogP contribution is -1.63. The van der Waals surface area contributed by atoms with Crippen molar-refractivity contribution in [2.24, 2.45) is 0 Å². The number of hydrogen-bond acceptors (Lipinski definition) is 1. The van der Waals surface area contributed by atoms with E-state index < -0.39 is 0 Å². The molecule has 0 bridgehead atoms. The molecule has 0 unspecified atom stereocenters. The summed E-state index contributed by atoms with van der Waals surface area (Å²) in [6, 6.07) is 2.03. The maximum absolute atomic E-state index is 8.15. The predicted molar refractivity (Wildman–Crippen MR) is 29.7 cm³/mol. The van der Waals surface area contributed by atoms with E-state index in [1.165, 1.54) is 0 Å². The summed E-state index contributed by atoms with van der Waals surface area (Å²) in [7, 11) is 0. The second-order valence-electron chi connectivity index (χ2n) is 1.41. The smallest absolute Gasteiger partial charge is 0.0940 e. The first-order chi connectivity index (χ1) is 3.31. The van der Waals surface area contributed by atoms with Crippen molar-refractivity contribution in [3.63, 3.8) is 0 Å². The van der Waals surface area contributed by atoms with Gasteiger partial charge in [0.2, 0.25) is 0 Å². The third-order valence-corrected chi connectivity index (χ3v) is 0.687. The molecule has 0 aliphatic rings. The molecule has 0 radical (unpaired) electrons. The van der Waals surface area contributed by atoms with E-state index in [1.54, 1.807) is 0 Å². The number of rotatable bonds is 1. The van der Waals surface area contributed by atoms with Crippen LogP contribution in [0, 0.1) is 11.3 Å². The molecular formula is C6H9N. The van der Waals surface area contributed by atoms with Gasteiger partial charge >= 0.3 is 0 Å². The zero-order valence-corrected chi connectivity index (χ0v) is 4.73. The van der Waals surface area contributed by atoms with E-state index in [1.807, 2.05) is 26.0 Å². The Bertz CT molecular complexity index is 106. The van der Waals surface area contributed by atoms with Gasteiger partial charge in [-0.05, 0) is 13.3 Å². The van der Waals surface area contributed by atoms with Gasteiger partial charge in [-0.2, -0.15) is 5.26 Å². The van der Waals surface area contributed by atoms with Gasteiger partial charge in [0.25, 0.3) is 0 Å². The first kappa shape index (κ1) is 6.23. The zero-order valence-electron chi connectivity index (χ0n) is 4.73. The van der Waals surface area contributed by atoms with E-state index in [2.05, 4.69) is 0 Å². The molecule has 0 spiro atoms. The number of nitriles is 1. The van der Waals surface area contributed by atoms with Crippen LogP contribution < -0.4 is 0 Å². The molecule has 0 heterocycles. The van der Waals surface area contributed by atoms with Crippen molar-refractivity contribution >= 4 is 0 Å². The van der Waals surface area contributed by atoms with E-state index in [0.29, 0.717) is 0 Å². The minimum absolute atomic E-state index is 0.808. The molecule has 0 aromatic heterocycles. The Morgan fingerprint density at radius 1 is 1.86 bits per heavy atom. The van der Waals surface area contributed by atoms with Crippen molar-refractivity contribution in [3.05, 3.63) is 11.6 Å². The Hall–Kier alpha value is -0.770. The van der Waals surface area contributed by atoms with Crippen molar-refractivity contribution in [2.45, 2.75) is 20.3 Å². The van der Waals surface area contributed by atoms with Gasteiger partial charge in [-0.15, -0.1) is 0 Å². The molecule has 0 aromatic rings. The minimum Gasteiger partial charge on any atom is -0.193 e. The highest BCUT2D eigenvalue weighted by atomic mass is 14.2. The second-order valence-corrected chi connectivity index (χ2v) is 1.41. The van der Waals surface area contributed by atoms with E-state index in [-0.39, 0.29) is 0 Å². The maximum atomic E-state index is 8.15. The fourth-order valence-corrected chi connectivity index (χ4v) is 0.352. The number of allylic oxidation sites excluding steroid dienone is 2. The van der Waals surface area contributed by atoms with Gasteiger partial charge in [0.1, 0.15) is 0 Å². The van der Waals surface area contributed by atoms with Crippen molar-refractivity contribution in [1.82, 2.24) is 0 Å². The summed E-state index contributed by atoms with van der Waals surface area (Å²) in [5, 5.41) is 8.15. The average Bonchev–Trinajstić information content (AvgIpc) is 1.68. The summed E-state index contributed by atoms with van der Waals surface area (Å²) >= 11 is 0. The maximum Gasteiger partial charge on any atom is 0.0940 e. The Labute approximate surface area is 44.3 Å². The third-order valence-electron chi connectivity index (χ3n) is 0.687. The van der Waals surface area contributed by atoms with E-state index in [0.717, 1.165) is 12.0 Å². The Balaban J connectivity index is 3.57. The molecule has 1 nitrogen and oxygen atoms in total. The van der Waals surface area contributed by atoms with Gasteiger partial charge in [0, 0.05) is 5.57 Å². The van der Waals surface area contributed by atoms with Crippen molar-refractivity contribution in [3.8, 4) is 6.07 Å². The molecule has 0 aliphatic carbocycles. The summed E-state index contributed by atoms with van der Waals surface area (Å²) in [4.78, 5) is 0. The SMILES string of the molecule is CC/C=C(/C)C#N. The molecule has 7 heavy (non-hydrogen) atoms. The molecule has 0 fully saturated rings. The number of nitrogens with zero attached hydrogens (tertiary/aromatic N) is 1. The number of hydrogen-bond donors (Lipinski definition) is 0. The van der Waals surface area contributed by atoms with Crippen LogP contribution in [0.2, 0.25) is 0 Å².